The molecule has 0 spiro atoms. The van der Waals surface area contributed by atoms with E-state index in [0.29, 0.717) is 17.8 Å². The Morgan fingerprint density at radius 3 is 2.61 bits per heavy atom. The van der Waals surface area contributed by atoms with E-state index in [0.717, 1.165) is 13.1 Å². The summed E-state index contributed by atoms with van der Waals surface area (Å²) in [6, 6.07) is 0.479. The quantitative estimate of drug-likeness (QED) is 0.515. The molecule has 0 aromatic carbocycles. The molecule has 2 atom stereocenters. The highest BCUT2D eigenvalue weighted by atomic mass is 16.5. The van der Waals surface area contributed by atoms with Crippen LogP contribution >= 0.6 is 0 Å². The van der Waals surface area contributed by atoms with Crippen LogP contribution in [0.25, 0.3) is 0 Å². The Balaban J connectivity index is 2.40. The minimum Gasteiger partial charge on any atom is -0.472 e. The van der Waals surface area contributed by atoms with Crippen molar-refractivity contribution in [1.82, 2.24) is 10.6 Å². The summed E-state index contributed by atoms with van der Waals surface area (Å²) < 4.78 is 5.88. The molecule has 1 unspecified atom stereocenters. The predicted molar refractivity (Wildman–Crippen MR) is 77.3 cm³/mol. The van der Waals surface area contributed by atoms with Crippen molar-refractivity contribution < 1.29 is 4.74 Å². The van der Waals surface area contributed by atoms with Gasteiger partial charge in [-0.25, -0.2) is 0 Å². The third-order valence-electron chi connectivity index (χ3n) is 3.56. The number of rotatable bonds is 8. The smallest absolute Gasteiger partial charge is 0.180 e. The highest BCUT2D eigenvalue weighted by molar-refractivity contribution is 5.11. The summed E-state index contributed by atoms with van der Waals surface area (Å²) in [5, 5.41) is 6.51. The zero-order valence-electron chi connectivity index (χ0n) is 12.3. The lowest BCUT2D eigenvalue weighted by molar-refractivity contribution is 0.125. The molecule has 0 saturated carbocycles. The highest BCUT2D eigenvalue weighted by Gasteiger charge is 2.20. The van der Waals surface area contributed by atoms with E-state index >= 15 is 0 Å². The molecule has 1 aliphatic rings. The second kappa shape index (κ2) is 7.47. The average molecular weight is 252 g/mol. The van der Waals surface area contributed by atoms with Gasteiger partial charge in [-0.2, -0.15) is 0 Å². The van der Waals surface area contributed by atoms with E-state index in [2.05, 4.69) is 51.0 Å². The van der Waals surface area contributed by atoms with Gasteiger partial charge >= 0.3 is 0 Å². The van der Waals surface area contributed by atoms with Crippen molar-refractivity contribution >= 4 is 0 Å². The Kier molecular flexibility index (Phi) is 6.27. The summed E-state index contributed by atoms with van der Waals surface area (Å²) in [4.78, 5) is 0. The number of allylic oxidation sites excluding steroid dienone is 1. The first-order chi connectivity index (χ1) is 8.58. The van der Waals surface area contributed by atoms with Crippen LogP contribution < -0.4 is 10.6 Å². The molecule has 0 radical (unpaired) electrons. The van der Waals surface area contributed by atoms with Crippen molar-refractivity contribution in [2.24, 2.45) is 5.92 Å². The van der Waals surface area contributed by atoms with Crippen LogP contribution in [0.1, 0.15) is 40.5 Å². The molecule has 18 heavy (non-hydrogen) atoms. The topological polar surface area (TPSA) is 33.3 Å². The summed E-state index contributed by atoms with van der Waals surface area (Å²) in [5.41, 5.74) is 1.37. The Morgan fingerprint density at radius 1 is 1.50 bits per heavy atom. The molecular weight excluding hydrogens is 224 g/mol. The molecule has 0 aromatic rings. The summed E-state index contributed by atoms with van der Waals surface area (Å²) in [6.45, 7) is 14.6. The fourth-order valence-corrected chi connectivity index (χ4v) is 2.45. The van der Waals surface area contributed by atoms with Gasteiger partial charge in [0.05, 0.1) is 6.04 Å². The Hall–Kier alpha value is -0.960. The van der Waals surface area contributed by atoms with E-state index in [1.807, 2.05) is 0 Å². The molecule has 1 fully saturated rings. The summed E-state index contributed by atoms with van der Waals surface area (Å²) in [6.07, 6.45) is 4.70. The van der Waals surface area contributed by atoms with E-state index < -0.39 is 0 Å². The fraction of sp³-hybridized carbons (Fsp3) is 0.733. The van der Waals surface area contributed by atoms with Crippen LogP contribution in [0, 0.1) is 5.92 Å². The van der Waals surface area contributed by atoms with E-state index in [-0.39, 0.29) is 6.10 Å². The van der Waals surface area contributed by atoms with Crippen molar-refractivity contribution in [3.05, 3.63) is 24.1 Å². The number of ether oxygens (including phenoxy) is 1. The Bertz CT molecular complexity index is 295. The first-order valence-electron chi connectivity index (χ1n) is 7.07. The third-order valence-corrected chi connectivity index (χ3v) is 3.56. The van der Waals surface area contributed by atoms with Crippen molar-refractivity contribution in [2.45, 2.75) is 52.7 Å². The number of hydrogen-bond donors (Lipinski definition) is 2. The number of hydrogen-bond acceptors (Lipinski definition) is 3. The maximum Gasteiger partial charge on any atom is 0.180 e. The molecule has 0 bridgehead atoms. The molecule has 104 valence electrons. The predicted octanol–water partition coefficient (Wildman–Crippen LogP) is 2.81. The van der Waals surface area contributed by atoms with Crippen LogP contribution in [0.4, 0.5) is 0 Å². The van der Waals surface area contributed by atoms with Crippen LogP contribution in [0.3, 0.4) is 0 Å². The highest BCUT2D eigenvalue weighted by Crippen LogP contribution is 2.22. The monoisotopic (exact) mass is 252 g/mol. The first kappa shape index (κ1) is 15.1. The van der Waals surface area contributed by atoms with Crippen LogP contribution in [-0.2, 0) is 4.74 Å². The van der Waals surface area contributed by atoms with Gasteiger partial charge in [0.1, 0.15) is 6.10 Å². The van der Waals surface area contributed by atoms with Gasteiger partial charge in [-0.3, -0.25) is 0 Å². The summed E-state index contributed by atoms with van der Waals surface area (Å²) in [5.74, 6) is 1.27. The largest absolute Gasteiger partial charge is 0.472 e. The molecule has 0 amide bonds. The normalized spacial score (nSPS) is 19.9. The Labute approximate surface area is 112 Å². The van der Waals surface area contributed by atoms with Gasteiger partial charge in [0.2, 0.25) is 0 Å². The molecule has 0 aliphatic carbocycles. The molecular formula is C15H28N2O. The molecule has 1 rings (SSSR count). The zero-order valence-corrected chi connectivity index (χ0v) is 12.3. The van der Waals surface area contributed by atoms with Gasteiger partial charge in [0.15, 0.2) is 5.88 Å². The maximum atomic E-state index is 5.88. The lowest BCUT2D eigenvalue weighted by Gasteiger charge is -2.31. The van der Waals surface area contributed by atoms with Gasteiger partial charge < -0.3 is 15.4 Å². The van der Waals surface area contributed by atoms with Crippen molar-refractivity contribution in [3.63, 3.8) is 0 Å². The molecule has 3 heteroatoms. The molecule has 2 N–H and O–H groups in total. The lowest BCUT2D eigenvalue weighted by atomic mass is 9.92. The molecule has 1 aliphatic heterocycles. The second-order valence-corrected chi connectivity index (χ2v) is 5.16. The minimum absolute atomic E-state index is 0.101. The molecule has 1 heterocycles. The van der Waals surface area contributed by atoms with E-state index in [1.54, 1.807) is 0 Å². The van der Waals surface area contributed by atoms with E-state index in [9.17, 15) is 0 Å². The fourth-order valence-electron chi connectivity index (χ4n) is 2.45. The standard InChI is InChI=1S/C15H28N2O/c1-6-8-11(3)15(7-2)12(4)18-13(5)17-14-9-16-10-14/h7,11-12,14,16-17H,5-6,8-10H2,1-4H3/b15-7+/t11?,12-/m0/s1. The number of nitrogens with one attached hydrogen (secondary N) is 2. The lowest BCUT2D eigenvalue weighted by Crippen LogP contribution is -2.55. The van der Waals surface area contributed by atoms with Crippen LogP contribution in [-0.4, -0.2) is 25.2 Å². The second-order valence-electron chi connectivity index (χ2n) is 5.16. The maximum absolute atomic E-state index is 5.88. The van der Waals surface area contributed by atoms with E-state index in [4.69, 9.17) is 4.74 Å². The SMILES string of the molecule is C=C(NC1CNC1)O[C@@H](C)/C(=C/C)C(C)CCC. The van der Waals surface area contributed by atoms with Gasteiger partial charge in [-0.15, -0.1) is 0 Å². The van der Waals surface area contributed by atoms with Crippen molar-refractivity contribution in [3.8, 4) is 0 Å². The van der Waals surface area contributed by atoms with Gasteiger partial charge in [-0.1, -0.05) is 26.3 Å². The van der Waals surface area contributed by atoms with Crippen LogP contribution in [0.15, 0.2) is 24.1 Å². The zero-order chi connectivity index (χ0) is 13.5. The first-order valence-corrected chi connectivity index (χ1v) is 7.07. The molecule has 0 aromatic heterocycles. The van der Waals surface area contributed by atoms with Gasteiger partial charge in [0, 0.05) is 13.1 Å². The van der Waals surface area contributed by atoms with Gasteiger partial charge in [0.25, 0.3) is 0 Å². The van der Waals surface area contributed by atoms with E-state index in [1.165, 1.54) is 18.4 Å². The van der Waals surface area contributed by atoms with Crippen LogP contribution in [0.5, 0.6) is 0 Å². The molecule has 3 nitrogen and oxygen atoms in total. The summed E-state index contributed by atoms with van der Waals surface area (Å²) in [7, 11) is 0. The average Bonchev–Trinajstić information content (AvgIpc) is 2.25. The Morgan fingerprint density at radius 2 is 2.17 bits per heavy atom. The van der Waals surface area contributed by atoms with Crippen molar-refractivity contribution in [2.75, 3.05) is 13.1 Å². The van der Waals surface area contributed by atoms with Gasteiger partial charge in [-0.05, 0) is 38.3 Å². The summed E-state index contributed by atoms with van der Waals surface area (Å²) >= 11 is 0. The van der Waals surface area contributed by atoms with Crippen LogP contribution in [0.2, 0.25) is 0 Å². The van der Waals surface area contributed by atoms with Crippen molar-refractivity contribution in [1.29, 1.82) is 0 Å². The third kappa shape index (κ3) is 4.37. The minimum atomic E-state index is 0.101. The molecule has 1 saturated heterocycles.